The Morgan fingerprint density at radius 1 is 1.19 bits per heavy atom. The predicted molar refractivity (Wildman–Crippen MR) is 67.0 cm³/mol. The average Bonchev–Trinajstić information content (AvgIpc) is 2.20. The van der Waals surface area contributed by atoms with Gasteiger partial charge in [-0.15, -0.1) is 0 Å². The van der Waals surface area contributed by atoms with Crippen LogP contribution in [0, 0.1) is 25.6 Å². The maximum Gasteiger partial charge on any atom is 0.129 e. The summed E-state index contributed by atoms with van der Waals surface area (Å²) in [6.45, 7) is 9.92. The second-order valence-corrected chi connectivity index (χ2v) is 4.90. The van der Waals surface area contributed by atoms with Crippen molar-refractivity contribution in [1.29, 1.82) is 0 Å². The number of hydrogen-bond acceptors (Lipinski definition) is 1. The Kier molecular flexibility index (Phi) is 4.94. The van der Waals surface area contributed by atoms with Crippen LogP contribution in [0.3, 0.4) is 0 Å². The van der Waals surface area contributed by atoms with E-state index in [1.807, 2.05) is 26.0 Å². The van der Waals surface area contributed by atoms with Gasteiger partial charge in [0.25, 0.3) is 0 Å². The Hall–Kier alpha value is -0.890. The molecule has 0 atom stereocenters. The second kappa shape index (κ2) is 6.00. The van der Waals surface area contributed by atoms with E-state index in [-0.39, 0.29) is 5.82 Å². The van der Waals surface area contributed by atoms with Crippen LogP contribution in [-0.2, 0) is 6.54 Å². The summed E-state index contributed by atoms with van der Waals surface area (Å²) in [5.74, 6) is 0.648. The van der Waals surface area contributed by atoms with Crippen molar-refractivity contribution in [3.8, 4) is 0 Å². The van der Waals surface area contributed by atoms with E-state index < -0.39 is 0 Å². The van der Waals surface area contributed by atoms with Crippen LogP contribution in [0.15, 0.2) is 12.1 Å². The predicted octanol–water partition coefficient (Wildman–Crippen LogP) is 3.58. The van der Waals surface area contributed by atoms with Crippen LogP contribution < -0.4 is 5.32 Å². The zero-order chi connectivity index (χ0) is 12.1. The van der Waals surface area contributed by atoms with Gasteiger partial charge < -0.3 is 5.32 Å². The van der Waals surface area contributed by atoms with E-state index in [2.05, 4.69) is 19.2 Å². The number of aryl methyl sites for hydroxylation is 2. The molecule has 1 rings (SSSR count). The van der Waals surface area contributed by atoms with E-state index in [0.717, 1.165) is 30.1 Å². The first kappa shape index (κ1) is 13.2. The molecule has 1 aromatic carbocycles. The summed E-state index contributed by atoms with van der Waals surface area (Å²) >= 11 is 0. The van der Waals surface area contributed by atoms with Crippen LogP contribution in [-0.4, -0.2) is 6.54 Å². The average molecular weight is 223 g/mol. The molecular weight excluding hydrogens is 201 g/mol. The normalized spacial score (nSPS) is 11.1. The van der Waals surface area contributed by atoms with Crippen LogP contribution in [0.2, 0.25) is 0 Å². The third-order valence-corrected chi connectivity index (χ3v) is 2.72. The molecule has 1 nitrogen and oxygen atoms in total. The Morgan fingerprint density at radius 2 is 1.75 bits per heavy atom. The van der Waals surface area contributed by atoms with Crippen molar-refractivity contribution in [2.75, 3.05) is 6.54 Å². The van der Waals surface area contributed by atoms with Crippen LogP contribution >= 0.6 is 0 Å². The highest BCUT2D eigenvalue weighted by molar-refractivity contribution is 5.30. The van der Waals surface area contributed by atoms with E-state index in [1.165, 1.54) is 12.0 Å². The minimum absolute atomic E-state index is 0.0778. The lowest BCUT2D eigenvalue weighted by atomic mass is 10.1. The molecule has 0 spiro atoms. The third-order valence-electron chi connectivity index (χ3n) is 2.72. The lowest BCUT2D eigenvalue weighted by Gasteiger charge is -2.09. The molecule has 0 unspecified atom stereocenters. The molecule has 0 fully saturated rings. The molecule has 16 heavy (non-hydrogen) atoms. The van der Waals surface area contributed by atoms with Gasteiger partial charge in [-0.3, -0.25) is 0 Å². The maximum atomic E-state index is 13.4. The zero-order valence-electron chi connectivity index (χ0n) is 10.7. The van der Waals surface area contributed by atoms with Crippen LogP contribution in [0.5, 0.6) is 0 Å². The Bertz CT molecular complexity index is 322. The minimum Gasteiger partial charge on any atom is -0.313 e. The largest absolute Gasteiger partial charge is 0.313 e. The Balaban J connectivity index is 2.49. The van der Waals surface area contributed by atoms with Crippen molar-refractivity contribution in [1.82, 2.24) is 5.32 Å². The summed E-state index contributed by atoms with van der Waals surface area (Å²) in [6.07, 6.45) is 1.18. The molecule has 0 heterocycles. The fourth-order valence-electron chi connectivity index (χ4n) is 1.76. The molecule has 1 aromatic rings. The zero-order valence-corrected chi connectivity index (χ0v) is 10.7. The standard InChI is InChI=1S/C14H22FN/c1-10(2)5-6-16-9-13-7-11(3)14(15)12(4)8-13/h7-8,10,16H,5-6,9H2,1-4H3. The van der Waals surface area contributed by atoms with Gasteiger partial charge in [-0.05, 0) is 49.4 Å². The molecule has 0 amide bonds. The van der Waals surface area contributed by atoms with Crippen molar-refractivity contribution < 1.29 is 4.39 Å². The molecule has 0 aliphatic carbocycles. The highest BCUT2D eigenvalue weighted by atomic mass is 19.1. The lowest BCUT2D eigenvalue weighted by Crippen LogP contribution is -2.16. The van der Waals surface area contributed by atoms with Gasteiger partial charge in [-0.1, -0.05) is 26.0 Å². The molecular formula is C14H22FN. The molecule has 0 bridgehead atoms. The van der Waals surface area contributed by atoms with E-state index in [9.17, 15) is 4.39 Å². The quantitative estimate of drug-likeness (QED) is 0.752. The summed E-state index contributed by atoms with van der Waals surface area (Å²) in [5.41, 5.74) is 2.64. The SMILES string of the molecule is Cc1cc(CNCCC(C)C)cc(C)c1F. The van der Waals surface area contributed by atoms with Gasteiger partial charge >= 0.3 is 0 Å². The molecule has 0 radical (unpaired) electrons. The molecule has 90 valence electrons. The molecule has 0 saturated heterocycles. The molecule has 0 aliphatic rings. The topological polar surface area (TPSA) is 12.0 Å². The second-order valence-electron chi connectivity index (χ2n) is 4.90. The fraction of sp³-hybridized carbons (Fsp3) is 0.571. The summed E-state index contributed by atoms with van der Waals surface area (Å²) in [7, 11) is 0. The highest BCUT2D eigenvalue weighted by Gasteiger charge is 2.03. The van der Waals surface area contributed by atoms with Gasteiger partial charge in [0.1, 0.15) is 5.82 Å². The Labute approximate surface area is 98.1 Å². The summed E-state index contributed by atoms with van der Waals surface area (Å²) in [6, 6.07) is 3.84. The van der Waals surface area contributed by atoms with Crippen LogP contribution in [0.1, 0.15) is 37.0 Å². The number of rotatable bonds is 5. The van der Waals surface area contributed by atoms with E-state index in [1.54, 1.807) is 0 Å². The lowest BCUT2D eigenvalue weighted by molar-refractivity contribution is 0.537. The molecule has 0 aliphatic heterocycles. The van der Waals surface area contributed by atoms with Crippen LogP contribution in [0.4, 0.5) is 4.39 Å². The molecule has 0 saturated carbocycles. The first-order valence-electron chi connectivity index (χ1n) is 5.97. The maximum absolute atomic E-state index is 13.4. The van der Waals surface area contributed by atoms with Crippen molar-refractivity contribution in [2.45, 2.75) is 40.7 Å². The van der Waals surface area contributed by atoms with Gasteiger partial charge in [0.05, 0.1) is 0 Å². The summed E-state index contributed by atoms with van der Waals surface area (Å²) < 4.78 is 13.4. The monoisotopic (exact) mass is 223 g/mol. The Morgan fingerprint density at radius 3 is 2.25 bits per heavy atom. The summed E-state index contributed by atoms with van der Waals surface area (Å²) in [4.78, 5) is 0. The number of halogens is 1. The van der Waals surface area contributed by atoms with E-state index in [4.69, 9.17) is 0 Å². The van der Waals surface area contributed by atoms with Gasteiger partial charge in [-0.2, -0.15) is 0 Å². The molecule has 0 aromatic heterocycles. The van der Waals surface area contributed by atoms with Crippen LogP contribution in [0.25, 0.3) is 0 Å². The van der Waals surface area contributed by atoms with Crippen molar-refractivity contribution in [3.05, 3.63) is 34.6 Å². The van der Waals surface area contributed by atoms with Crippen molar-refractivity contribution >= 4 is 0 Å². The number of nitrogens with one attached hydrogen (secondary N) is 1. The molecule has 2 heteroatoms. The van der Waals surface area contributed by atoms with E-state index in [0.29, 0.717) is 0 Å². The van der Waals surface area contributed by atoms with Gasteiger partial charge in [0.2, 0.25) is 0 Å². The van der Waals surface area contributed by atoms with Gasteiger partial charge in [-0.25, -0.2) is 4.39 Å². The van der Waals surface area contributed by atoms with Crippen molar-refractivity contribution in [3.63, 3.8) is 0 Å². The summed E-state index contributed by atoms with van der Waals surface area (Å²) in [5, 5.41) is 3.38. The first-order chi connectivity index (χ1) is 7.50. The third kappa shape index (κ3) is 3.93. The first-order valence-corrected chi connectivity index (χ1v) is 5.97. The van der Waals surface area contributed by atoms with Crippen molar-refractivity contribution in [2.24, 2.45) is 5.92 Å². The smallest absolute Gasteiger partial charge is 0.129 e. The van der Waals surface area contributed by atoms with E-state index >= 15 is 0 Å². The number of hydrogen-bond donors (Lipinski definition) is 1. The van der Waals surface area contributed by atoms with Gasteiger partial charge in [0.15, 0.2) is 0 Å². The number of benzene rings is 1. The fourth-order valence-corrected chi connectivity index (χ4v) is 1.76. The minimum atomic E-state index is -0.0778. The molecule has 1 N–H and O–H groups in total. The highest BCUT2D eigenvalue weighted by Crippen LogP contribution is 2.14. The van der Waals surface area contributed by atoms with Gasteiger partial charge in [0, 0.05) is 6.54 Å².